The number of nitrogens with one attached hydrogen (secondary N) is 1. The van der Waals surface area contributed by atoms with E-state index in [9.17, 15) is 4.79 Å². The highest BCUT2D eigenvalue weighted by Gasteiger charge is 2.20. The lowest BCUT2D eigenvalue weighted by Gasteiger charge is -2.04. The monoisotopic (exact) mass is 305 g/mol. The molecule has 0 unspecified atom stereocenters. The van der Waals surface area contributed by atoms with Crippen molar-refractivity contribution in [1.29, 1.82) is 0 Å². The van der Waals surface area contributed by atoms with E-state index in [1.807, 2.05) is 45.0 Å². The predicted molar refractivity (Wildman–Crippen MR) is 84.5 cm³/mol. The second-order valence-corrected chi connectivity index (χ2v) is 5.82. The summed E-state index contributed by atoms with van der Waals surface area (Å²) in [6, 6.07) is 7.70. The van der Waals surface area contributed by atoms with Crippen molar-refractivity contribution in [3.05, 3.63) is 34.8 Å². The second kappa shape index (κ2) is 6.69. The first kappa shape index (κ1) is 15.5. The van der Waals surface area contributed by atoms with Gasteiger partial charge in [-0.15, -0.1) is 11.3 Å². The van der Waals surface area contributed by atoms with Gasteiger partial charge in [-0.2, -0.15) is 0 Å². The molecule has 1 heterocycles. The maximum absolute atomic E-state index is 11.9. The van der Waals surface area contributed by atoms with E-state index in [1.165, 1.54) is 11.3 Å². The molecule has 0 fully saturated rings. The summed E-state index contributed by atoms with van der Waals surface area (Å²) in [4.78, 5) is 17.0. The molecule has 0 saturated carbocycles. The minimum Gasteiger partial charge on any atom is -0.494 e. The van der Waals surface area contributed by atoms with Crippen molar-refractivity contribution in [1.82, 2.24) is 10.4 Å². The van der Waals surface area contributed by atoms with Crippen LogP contribution in [-0.4, -0.2) is 17.5 Å². The van der Waals surface area contributed by atoms with E-state index in [0.29, 0.717) is 11.5 Å². The Morgan fingerprint density at radius 2 is 2.24 bits per heavy atom. The minimum atomic E-state index is -0.302. The Hall–Kier alpha value is -1.92. The molecule has 1 amide bonds. The SMILES string of the molecule is CCOc1cccc(-c2nc(C(C)C)c(C(=O)NN)s2)c1. The second-order valence-electron chi connectivity index (χ2n) is 4.82. The number of nitrogens with zero attached hydrogens (tertiary/aromatic N) is 1. The third kappa shape index (κ3) is 3.40. The molecule has 0 bridgehead atoms. The smallest absolute Gasteiger partial charge is 0.277 e. The van der Waals surface area contributed by atoms with E-state index in [1.54, 1.807) is 0 Å². The van der Waals surface area contributed by atoms with E-state index in [2.05, 4.69) is 10.4 Å². The van der Waals surface area contributed by atoms with Crippen LogP contribution in [0, 0.1) is 0 Å². The molecule has 0 atom stereocenters. The average Bonchev–Trinajstić information content (AvgIpc) is 2.92. The molecule has 5 nitrogen and oxygen atoms in total. The number of nitrogen functional groups attached to an aromatic ring is 1. The molecule has 6 heteroatoms. The highest BCUT2D eigenvalue weighted by atomic mass is 32.1. The first-order valence-electron chi connectivity index (χ1n) is 6.81. The number of amides is 1. The van der Waals surface area contributed by atoms with E-state index in [-0.39, 0.29) is 11.8 Å². The maximum atomic E-state index is 11.9. The van der Waals surface area contributed by atoms with Crippen LogP contribution in [0.5, 0.6) is 5.75 Å². The molecule has 1 aromatic heterocycles. The molecule has 112 valence electrons. The van der Waals surface area contributed by atoms with Crippen LogP contribution in [0.2, 0.25) is 0 Å². The summed E-state index contributed by atoms with van der Waals surface area (Å²) in [5.41, 5.74) is 3.88. The molecule has 1 aromatic carbocycles. The lowest BCUT2D eigenvalue weighted by molar-refractivity contribution is 0.0956. The molecular formula is C15H19N3O2S. The number of carbonyl (C=O) groups is 1. The molecule has 2 aromatic rings. The summed E-state index contributed by atoms with van der Waals surface area (Å²) in [5, 5.41) is 0.791. The first-order chi connectivity index (χ1) is 10.1. The molecule has 0 saturated heterocycles. The minimum absolute atomic E-state index is 0.150. The summed E-state index contributed by atoms with van der Waals surface area (Å²) < 4.78 is 5.50. The highest BCUT2D eigenvalue weighted by Crippen LogP contribution is 2.33. The van der Waals surface area contributed by atoms with Crippen molar-refractivity contribution in [3.8, 4) is 16.3 Å². The van der Waals surface area contributed by atoms with Crippen LogP contribution in [0.15, 0.2) is 24.3 Å². The van der Waals surface area contributed by atoms with Gasteiger partial charge in [0.15, 0.2) is 0 Å². The molecule has 0 spiro atoms. The maximum Gasteiger partial charge on any atom is 0.277 e. The number of ether oxygens (including phenoxy) is 1. The van der Waals surface area contributed by atoms with Gasteiger partial charge in [0.1, 0.15) is 15.6 Å². The van der Waals surface area contributed by atoms with Crippen LogP contribution in [0.3, 0.4) is 0 Å². The van der Waals surface area contributed by atoms with Crippen LogP contribution in [0.25, 0.3) is 10.6 Å². The summed E-state index contributed by atoms with van der Waals surface area (Å²) in [6.07, 6.45) is 0. The third-order valence-electron chi connectivity index (χ3n) is 2.93. The zero-order valence-corrected chi connectivity index (χ0v) is 13.2. The van der Waals surface area contributed by atoms with E-state index >= 15 is 0 Å². The van der Waals surface area contributed by atoms with Gasteiger partial charge >= 0.3 is 0 Å². The van der Waals surface area contributed by atoms with Crippen LogP contribution in [0.1, 0.15) is 42.1 Å². The Balaban J connectivity index is 2.44. The predicted octanol–water partition coefficient (Wildman–Crippen LogP) is 2.94. The Morgan fingerprint density at radius 1 is 1.48 bits per heavy atom. The number of hydrogen-bond donors (Lipinski definition) is 2. The molecule has 3 N–H and O–H groups in total. The molecule has 0 aliphatic carbocycles. The summed E-state index contributed by atoms with van der Waals surface area (Å²) in [6.45, 7) is 6.56. The highest BCUT2D eigenvalue weighted by molar-refractivity contribution is 7.17. The van der Waals surface area contributed by atoms with Crippen molar-refractivity contribution in [2.24, 2.45) is 5.84 Å². The summed E-state index contributed by atoms with van der Waals surface area (Å²) in [5.74, 6) is 5.88. The largest absolute Gasteiger partial charge is 0.494 e. The van der Waals surface area contributed by atoms with Gasteiger partial charge in [0.25, 0.3) is 5.91 Å². The van der Waals surface area contributed by atoms with Gasteiger partial charge < -0.3 is 4.74 Å². The third-order valence-corrected chi connectivity index (χ3v) is 4.05. The van der Waals surface area contributed by atoms with Gasteiger partial charge in [-0.25, -0.2) is 10.8 Å². The fourth-order valence-electron chi connectivity index (χ4n) is 1.96. The van der Waals surface area contributed by atoms with Crippen molar-refractivity contribution >= 4 is 17.2 Å². The van der Waals surface area contributed by atoms with Crippen molar-refractivity contribution in [3.63, 3.8) is 0 Å². The quantitative estimate of drug-likeness (QED) is 0.506. The van der Waals surface area contributed by atoms with Gasteiger partial charge in [-0.3, -0.25) is 10.2 Å². The fraction of sp³-hybridized carbons (Fsp3) is 0.333. The van der Waals surface area contributed by atoms with Gasteiger partial charge in [-0.1, -0.05) is 26.0 Å². The summed E-state index contributed by atoms with van der Waals surface area (Å²) in [7, 11) is 0. The summed E-state index contributed by atoms with van der Waals surface area (Å²) >= 11 is 1.34. The van der Waals surface area contributed by atoms with Crippen molar-refractivity contribution < 1.29 is 9.53 Å². The topological polar surface area (TPSA) is 77.2 Å². The number of thiazole rings is 1. The van der Waals surface area contributed by atoms with E-state index in [0.717, 1.165) is 22.0 Å². The van der Waals surface area contributed by atoms with Crippen molar-refractivity contribution in [2.45, 2.75) is 26.7 Å². The number of hydrazine groups is 1. The Kier molecular flexibility index (Phi) is 4.93. The lowest BCUT2D eigenvalue weighted by atomic mass is 10.1. The lowest BCUT2D eigenvalue weighted by Crippen LogP contribution is -2.30. The Bertz CT molecular complexity index is 638. The fourth-order valence-corrected chi connectivity index (χ4v) is 3.08. The number of nitrogens with two attached hydrogens (primary N) is 1. The molecule has 21 heavy (non-hydrogen) atoms. The van der Waals surface area contributed by atoms with Crippen LogP contribution < -0.4 is 16.0 Å². The zero-order chi connectivity index (χ0) is 15.4. The molecule has 0 radical (unpaired) electrons. The normalized spacial score (nSPS) is 10.7. The van der Waals surface area contributed by atoms with Gasteiger partial charge in [0.05, 0.1) is 12.3 Å². The Morgan fingerprint density at radius 3 is 2.86 bits per heavy atom. The standard InChI is InChI=1S/C15H19N3O2S/c1-4-20-11-7-5-6-10(8-11)15-17-12(9(2)3)13(21-15)14(19)18-16/h5-9H,4,16H2,1-3H3,(H,18,19). The van der Waals surface area contributed by atoms with E-state index < -0.39 is 0 Å². The van der Waals surface area contributed by atoms with Crippen LogP contribution in [-0.2, 0) is 0 Å². The van der Waals surface area contributed by atoms with Gasteiger partial charge in [0.2, 0.25) is 0 Å². The molecule has 0 aliphatic rings. The number of aromatic nitrogens is 1. The average molecular weight is 305 g/mol. The van der Waals surface area contributed by atoms with Crippen molar-refractivity contribution in [2.75, 3.05) is 6.61 Å². The van der Waals surface area contributed by atoms with Crippen LogP contribution >= 0.6 is 11.3 Å². The van der Waals surface area contributed by atoms with E-state index in [4.69, 9.17) is 10.6 Å². The number of benzene rings is 1. The molecule has 0 aliphatic heterocycles. The number of rotatable bonds is 5. The zero-order valence-electron chi connectivity index (χ0n) is 12.3. The first-order valence-corrected chi connectivity index (χ1v) is 7.63. The molecular weight excluding hydrogens is 286 g/mol. The number of hydrogen-bond acceptors (Lipinski definition) is 5. The number of carbonyl (C=O) groups excluding carboxylic acids is 1. The van der Waals surface area contributed by atoms with Gasteiger partial charge in [-0.05, 0) is 25.0 Å². The van der Waals surface area contributed by atoms with Crippen LogP contribution in [0.4, 0.5) is 0 Å². The Labute approximate surface area is 128 Å². The molecule has 2 rings (SSSR count). The van der Waals surface area contributed by atoms with Gasteiger partial charge in [0, 0.05) is 5.56 Å².